The van der Waals surface area contributed by atoms with E-state index in [0.29, 0.717) is 5.92 Å². The smallest absolute Gasteiger partial charge is 0.312 e. The van der Waals surface area contributed by atoms with Gasteiger partial charge in [0.15, 0.2) is 0 Å². The molecule has 4 nitrogen and oxygen atoms in total. The third-order valence-electron chi connectivity index (χ3n) is 7.17. The maximum absolute atomic E-state index is 12.5. The Bertz CT molecular complexity index is 673. The van der Waals surface area contributed by atoms with Gasteiger partial charge >= 0.3 is 5.97 Å². The number of ether oxygens (including phenoxy) is 1. The molecule has 4 heteroatoms. The van der Waals surface area contributed by atoms with Crippen molar-refractivity contribution in [2.24, 2.45) is 5.41 Å². The van der Waals surface area contributed by atoms with Gasteiger partial charge in [-0.05, 0) is 36.8 Å². The van der Waals surface area contributed by atoms with E-state index in [1.54, 1.807) is 0 Å². The molecular weight excluding hydrogens is 348 g/mol. The van der Waals surface area contributed by atoms with Gasteiger partial charge in [-0.3, -0.25) is 9.69 Å². The summed E-state index contributed by atoms with van der Waals surface area (Å²) in [5, 5.41) is 0. The number of cyclic esters (lactones) is 1. The fourth-order valence-corrected chi connectivity index (χ4v) is 5.44. The molecule has 0 bridgehead atoms. The van der Waals surface area contributed by atoms with E-state index in [4.69, 9.17) is 4.74 Å². The molecule has 1 aromatic rings. The lowest BCUT2D eigenvalue weighted by atomic mass is 9.72. The minimum atomic E-state index is -0.123. The molecule has 1 unspecified atom stereocenters. The molecule has 3 aliphatic rings. The molecule has 0 N–H and O–H groups in total. The molecule has 28 heavy (non-hydrogen) atoms. The Hall–Kier alpha value is -1.55. The third kappa shape index (κ3) is 4.07. The molecule has 1 spiro atoms. The van der Waals surface area contributed by atoms with Crippen LogP contribution in [-0.4, -0.2) is 49.7 Å². The number of anilines is 1. The molecule has 2 aliphatic heterocycles. The predicted octanol–water partition coefficient (Wildman–Crippen LogP) is 4.59. The molecule has 2 saturated heterocycles. The Balaban J connectivity index is 1.26. The number of hydrogen-bond donors (Lipinski definition) is 0. The van der Waals surface area contributed by atoms with Crippen molar-refractivity contribution in [3.05, 3.63) is 29.8 Å². The molecule has 1 saturated carbocycles. The number of carbonyl (C=O) groups is 1. The molecule has 3 fully saturated rings. The minimum absolute atomic E-state index is 0.104. The van der Waals surface area contributed by atoms with Crippen LogP contribution in [0.1, 0.15) is 70.3 Å². The highest BCUT2D eigenvalue weighted by atomic mass is 16.6. The summed E-state index contributed by atoms with van der Waals surface area (Å²) in [6.45, 7) is 9.95. The number of rotatable bonds is 5. The first-order valence-corrected chi connectivity index (χ1v) is 11.3. The summed E-state index contributed by atoms with van der Waals surface area (Å²) < 4.78 is 5.80. The number of nitrogens with zero attached hydrogens (tertiary/aromatic N) is 2. The summed E-state index contributed by atoms with van der Waals surface area (Å²) in [5.41, 5.74) is 2.73. The van der Waals surface area contributed by atoms with Crippen molar-refractivity contribution in [1.82, 2.24) is 4.90 Å². The molecule has 0 radical (unpaired) electrons. The van der Waals surface area contributed by atoms with Crippen LogP contribution in [0.2, 0.25) is 0 Å². The second-order valence-electron chi connectivity index (χ2n) is 9.40. The Morgan fingerprint density at radius 2 is 1.79 bits per heavy atom. The molecule has 154 valence electrons. The number of carbonyl (C=O) groups excluding carboxylic acids is 1. The van der Waals surface area contributed by atoms with Crippen LogP contribution < -0.4 is 4.90 Å². The second-order valence-corrected chi connectivity index (χ2v) is 9.40. The monoisotopic (exact) mass is 384 g/mol. The van der Waals surface area contributed by atoms with Crippen molar-refractivity contribution < 1.29 is 9.53 Å². The zero-order chi connectivity index (χ0) is 19.6. The average molecular weight is 385 g/mol. The zero-order valence-electron chi connectivity index (χ0n) is 17.7. The van der Waals surface area contributed by atoms with Crippen molar-refractivity contribution in [2.75, 3.05) is 37.6 Å². The van der Waals surface area contributed by atoms with E-state index in [1.807, 2.05) is 0 Å². The van der Waals surface area contributed by atoms with Gasteiger partial charge in [0.25, 0.3) is 0 Å². The normalized spacial score (nSPS) is 25.5. The fraction of sp³-hybridized carbons (Fsp3) is 0.708. The third-order valence-corrected chi connectivity index (χ3v) is 7.17. The number of para-hydroxylation sites is 1. The minimum Gasteiger partial charge on any atom is -0.462 e. The van der Waals surface area contributed by atoms with Gasteiger partial charge in [-0.15, -0.1) is 0 Å². The van der Waals surface area contributed by atoms with E-state index in [-0.39, 0.29) is 17.5 Å². The number of esters is 1. The Morgan fingerprint density at radius 3 is 2.50 bits per heavy atom. The number of benzene rings is 1. The summed E-state index contributed by atoms with van der Waals surface area (Å²) in [6.07, 6.45) is 7.88. The molecule has 0 aromatic heterocycles. The van der Waals surface area contributed by atoms with E-state index in [1.165, 1.54) is 30.5 Å². The Labute approximate surface area is 170 Å². The van der Waals surface area contributed by atoms with E-state index in [9.17, 15) is 4.79 Å². The van der Waals surface area contributed by atoms with Crippen LogP contribution in [0.3, 0.4) is 0 Å². The van der Waals surface area contributed by atoms with Gasteiger partial charge in [-0.2, -0.15) is 0 Å². The molecule has 1 atom stereocenters. The Morgan fingerprint density at radius 1 is 1.07 bits per heavy atom. The summed E-state index contributed by atoms with van der Waals surface area (Å²) >= 11 is 0. The number of hydrogen-bond acceptors (Lipinski definition) is 4. The van der Waals surface area contributed by atoms with Gasteiger partial charge in [-0.1, -0.05) is 51.3 Å². The average Bonchev–Trinajstić information content (AvgIpc) is 3.02. The number of piperazine rings is 1. The topological polar surface area (TPSA) is 32.8 Å². The van der Waals surface area contributed by atoms with Crippen LogP contribution in [0.25, 0.3) is 0 Å². The van der Waals surface area contributed by atoms with Gasteiger partial charge in [-0.25, -0.2) is 0 Å². The summed E-state index contributed by atoms with van der Waals surface area (Å²) in [4.78, 5) is 17.5. The molecule has 4 rings (SSSR count). The van der Waals surface area contributed by atoms with Crippen molar-refractivity contribution in [3.8, 4) is 0 Å². The molecule has 1 aliphatic carbocycles. The van der Waals surface area contributed by atoms with Gasteiger partial charge in [0.05, 0.1) is 5.41 Å². The van der Waals surface area contributed by atoms with Crippen LogP contribution >= 0.6 is 0 Å². The molecule has 2 heterocycles. The van der Waals surface area contributed by atoms with E-state index >= 15 is 0 Å². The predicted molar refractivity (Wildman–Crippen MR) is 114 cm³/mol. The van der Waals surface area contributed by atoms with Crippen LogP contribution in [-0.2, 0) is 9.53 Å². The first-order valence-electron chi connectivity index (χ1n) is 11.3. The maximum atomic E-state index is 12.5. The van der Waals surface area contributed by atoms with Crippen LogP contribution in [0.5, 0.6) is 0 Å². The fourth-order valence-electron chi connectivity index (χ4n) is 5.44. The lowest BCUT2D eigenvalue weighted by Gasteiger charge is -2.37. The summed E-state index contributed by atoms with van der Waals surface area (Å²) in [5.74, 6) is 0.658. The second kappa shape index (κ2) is 8.44. The standard InChI is InChI=1S/C24H36N2O2/c1-19(2)21-8-4-5-9-22(21)26-16-14-25(15-17-26)13-10-20-18-24(23(27)28-20)11-6-3-7-12-24/h4-5,8-9,19-20H,3,6-7,10-18H2,1-2H3. The highest BCUT2D eigenvalue weighted by Gasteiger charge is 2.48. The lowest BCUT2D eigenvalue weighted by Crippen LogP contribution is -2.47. The van der Waals surface area contributed by atoms with Gasteiger partial charge in [0.1, 0.15) is 6.10 Å². The molecule has 1 aromatic carbocycles. The van der Waals surface area contributed by atoms with Crippen molar-refractivity contribution >= 4 is 11.7 Å². The highest BCUT2D eigenvalue weighted by molar-refractivity contribution is 5.79. The highest BCUT2D eigenvalue weighted by Crippen LogP contribution is 2.46. The van der Waals surface area contributed by atoms with Crippen LogP contribution in [0, 0.1) is 5.41 Å². The van der Waals surface area contributed by atoms with Crippen molar-refractivity contribution in [1.29, 1.82) is 0 Å². The van der Waals surface area contributed by atoms with Crippen LogP contribution in [0.4, 0.5) is 5.69 Å². The van der Waals surface area contributed by atoms with Crippen molar-refractivity contribution in [2.45, 2.75) is 70.8 Å². The first-order chi connectivity index (χ1) is 13.6. The van der Waals surface area contributed by atoms with Crippen molar-refractivity contribution in [3.63, 3.8) is 0 Å². The zero-order valence-corrected chi connectivity index (χ0v) is 17.7. The largest absolute Gasteiger partial charge is 0.462 e. The quantitative estimate of drug-likeness (QED) is 0.695. The van der Waals surface area contributed by atoms with E-state index in [0.717, 1.165) is 58.4 Å². The molecular formula is C24H36N2O2. The van der Waals surface area contributed by atoms with Crippen LogP contribution in [0.15, 0.2) is 24.3 Å². The Kier molecular flexibility index (Phi) is 5.96. The van der Waals surface area contributed by atoms with Gasteiger partial charge < -0.3 is 9.64 Å². The van der Waals surface area contributed by atoms with Gasteiger partial charge in [0.2, 0.25) is 0 Å². The first kappa shape index (κ1) is 19.8. The summed E-state index contributed by atoms with van der Waals surface area (Å²) in [7, 11) is 0. The van der Waals surface area contributed by atoms with E-state index < -0.39 is 0 Å². The SMILES string of the molecule is CC(C)c1ccccc1N1CCN(CCC2CC3(CCCCC3)C(=O)O2)CC1. The van der Waals surface area contributed by atoms with E-state index in [2.05, 4.69) is 47.9 Å². The molecule has 0 amide bonds. The van der Waals surface area contributed by atoms with Gasteiger partial charge in [0, 0.05) is 44.8 Å². The maximum Gasteiger partial charge on any atom is 0.312 e. The summed E-state index contributed by atoms with van der Waals surface area (Å²) in [6, 6.07) is 8.84. The lowest BCUT2D eigenvalue weighted by molar-refractivity contribution is -0.150.